The van der Waals surface area contributed by atoms with Crippen molar-refractivity contribution in [2.75, 3.05) is 19.7 Å². The van der Waals surface area contributed by atoms with Crippen LogP contribution in [0.15, 0.2) is 0 Å². The molecule has 1 aliphatic rings. The fourth-order valence-corrected chi connectivity index (χ4v) is 1.71. The zero-order valence-corrected chi connectivity index (χ0v) is 8.88. The van der Waals surface area contributed by atoms with Crippen molar-refractivity contribution in [3.63, 3.8) is 0 Å². The fraction of sp³-hybridized carbons (Fsp3) is 0.800. The Morgan fingerprint density at radius 1 is 1.50 bits per heavy atom. The van der Waals surface area contributed by atoms with E-state index in [0.29, 0.717) is 12.4 Å². The van der Waals surface area contributed by atoms with Gasteiger partial charge in [0.1, 0.15) is 0 Å². The lowest BCUT2D eigenvalue weighted by molar-refractivity contribution is -0.149. The maximum Gasteiger partial charge on any atom is 0.309 e. The molecule has 0 saturated carbocycles. The monoisotopic (exact) mass is 198 g/mol. The number of hydrogen-bond donors (Lipinski definition) is 1. The molecule has 0 unspecified atom stereocenters. The lowest BCUT2D eigenvalue weighted by Crippen LogP contribution is -2.39. The van der Waals surface area contributed by atoms with Crippen molar-refractivity contribution in [3.05, 3.63) is 0 Å². The lowest BCUT2D eigenvalue weighted by Gasteiger charge is -2.31. The third-order valence-electron chi connectivity index (χ3n) is 2.59. The molecule has 0 spiro atoms. The molecule has 4 heteroatoms. The summed E-state index contributed by atoms with van der Waals surface area (Å²) in [5, 5.41) is 7.45. The van der Waals surface area contributed by atoms with Crippen LogP contribution in [0.3, 0.4) is 0 Å². The summed E-state index contributed by atoms with van der Waals surface area (Å²) in [6.07, 6.45) is 1.63. The third-order valence-corrected chi connectivity index (χ3v) is 2.59. The van der Waals surface area contributed by atoms with E-state index in [-0.39, 0.29) is 11.9 Å². The number of carbonyl (C=O) groups excluding carboxylic acids is 1. The molecule has 0 amide bonds. The first-order valence-corrected chi connectivity index (χ1v) is 5.12. The van der Waals surface area contributed by atoms with Crippen molar-refractivity contribution >= 4 is 11.8 Å². The van der Waals surface area contributed by atoms with Crippen LogP contribution in [-0.2, 0) is 9.53 Å². The second-order valence-electron chi connectivity index (χ2n) is 3.60. The molecular formula is C10H18N2O2. The number of amidine groups is 1. The van der Waals surface area contributed by atoms with E-state index in [4.69, 9.17) is 10.1 Å². The Morgan fingerprint density at radius 3 is 2.50 bits per heavy atom. The molecule has 0 aromatic carbocycles. The molecule has 80 valence electrons. The van der Waals surface area contributed by atoms with Gasteiger partial charge in [-0.15, -0.1) is 0 Å². The highest BCUT2D eigenvalue weighted by atomic mass is 16.5. The highest BCUT2D eigenvalue weighted by Gasteiger charge is 2.25. The number of esters is 1. The maximum atomic E-state index is 11.4. The van der Waals surface area contributed by atoms with Gasteiger partial charge in [-0.25, -0.2) is 0 Å². The van der Waals surface area contributed by atoms with Crippen LogP contribution >= 0.6 is 0 Å². The topological polar surface area (TPSA) is 53.4 Å². The predicted octanol–water partition coefficient (Wildman–Crippen LogP) is 1.26. The van der Waals surface area contributed by atoms with Gasteiger partial charge in [0.25, 0.3) is 0 Å². The quantitative estimate of drug-likeness (QED) is 0.413. The molecule has 1 fully saturated rings. The number of nitrogens with zero attached hydrogens (tertiary/aromatic N) is 1. The Hall–Kier alpha value is -1.06. The van der Waals surface area contributed by atoms with E-state index in [1.165, 1.54) is 0 Å². The van der Waals surface area contributed by atoms with E-state index in [9.17, 15) is 4.79 Å². The molecule has 0 radical (unpaired) electrons. The zero-order valence-electron chi connectivity index (χ0n) is 8.88. The van der Waals surface area contributed by atoms with Crippen LogP contribution in [0.1, 0.15) is 26.7 Å². The van der Waals surface area contributed by atoms with E-state index >= 15 is 0 Å². The van der Waals surface area contributed by atoms with Crippen LogP contribution in [-0.4, -0.2) is 36.4 Å². The molecule has 1 N–H and O–H groups in total. The Labute approximate surface area is 84.7 Å². The van der Waals surface area contributed by atoms with Crippen LogP contribution in [0, 0.1) is 11.3 Å². The van der Waals surface area contributed by atoms with Gasteiger partial charge in [0.05, 0.1) is 18.4 Å². The van der Waals surface area contributed by atoms with Gasteiger partial charge in [0.2, 0.25) is 0 Å². The highest BCUT2D eigenvalue weighted by molar-refractivity contribution is 5.77. The van der Waals surface area contributed by atoms with Gasteiger partial charge in [0.15, 0.2) is 0 Å². The molecule has 4 nitrogen and oxygen atoms in total. The average Bonchev–Trinajstić information content (AvgIpc) is 2.18. The number of likely N-dealkylation sites (tertiary alicyclic amines) is 1. The molecule has 0 aliphatic carbocycles. The van der Waals surface area contributed by atoms with Gasteiger partial charge in [-0.3, -0.25) is 10.2 Å². The number of hydrogen-bond acceptors (Lipinski definition) is 3. The first-order chi connectivity index (χ1) is 6.65. The summed E-state index contributed by atoms with van der Waals surface area (Å²) in [5.74, 6) is 0.563. The molecular weight excluding hydrogens is 180 g/mol. The Kier molecular flexibility index (Phi) is 3.92. The van der Waals surface area contributed by atoms with E-state index in [2.05, 4.69) is 0 Å². The number of nitrogens with one attached hydrogen (secondary N) is 1. The van der Waals surface area contributed by atoms with Crippen LogP contribution < -0.4 is 0 Å². The summed E-state index contributed by atoms with van der Waals surface area (Å²) in [6.45, 7) is 5.68. The first kappa shape index (κ1) is 11.0. The van der Waals surface area contributed by atoms with Crippen LogP contribution in [0.2, 0.25) is 0 Å². The summed E-state index contributed by atoms with van der Waals surface area (Å²) < 4.78 is 4.97. The highest BCUT2D eigenvalue weighted by Crippen LogP contribution is 2.18. The molecule has 0 atom stereocenters. The summed E-state index contributed by atoms with van der Waals surface area (Å²) in [7, 11) is 0. The molecule has 1 saturated heterocycles. The van der Waals surface area contributed by atoms with Crippen LogP contribution in [0.4, 0.5) is 0 Å². The number of rotatable bonds is 2. The second-order valence-corrected chi connectivity index (χ2v) is 3.60. The molecule has 0 aromatic rings. The minimum absolute atomic E-state index is 0.0468. The number of carbonyl (C=O) groups is 1. The molecule has 1 aliphatic heterocycles. The van der Waals surface area contributed by atoms with E-state index in [1.54, 1.807) is 6.92 Å². The molecule has 0 bridgehead atoms. The van der Waals surface area contributed by atoms with Gasteiger partial charge >= 0.3 is 5.97 Å². The summed E-state index contributed by atoms with van der Waals surface area (Å²) in [6, 6.07) is 0. The fourth-order valence-electron chi connectivity index (χ4n) is 1.71. The zero-order chi connectivity index (χ0) is 10.6. The van der Waals surface area contributed by atoms with Crippen LogP contribution in [0.25, 0.3) is 0 Å². The van der Waals surface area contributed by atoms with Gasteiger partial charge in [-0.1, -0.05) is 0 Å². The van der Waals surface area contributed by atoms with Crippen LogP contribution in [0.5, 0.6) is 0 Å². The smallest absolute Gasteiger partial charge is 0.309 e. The maximum absolute atomic E-state index is 11.4. The van der Waals surface area contributed by atoms with Crippen molar-refractivity contribution in [3.8, 4) is 0 Å². The number of piperidine rings is 1. The van der Waals surface area contributed by atoms with Crippen molar-refractivity contribution in [2.24, 2.45) is 5.92 Å². The minimum atomic E-state index is -0.0743. The normalized spacial score (nSPS) is 18.0. The van der Waals surface area contributed by atoms with E-state index in [1.807, 2.05) is 11.8 Å². The standard InChI is InChI=1S/C10H18N2O2/c1-3-14-10(13)9-4-6-12(7-5-9)8(2)11/h9,11H,3-7H2,1-2H3. The van der Waals surface area contributed by atoms with Crippen molar-refractivity contribution < 1.29 is 9.53 Å². The summed E-state index contributed by atoms with van der Waals surface area (Å²) in [4.78, 5) is 13.4. The summed E-state index contributed by atoms with van der Waals surface area (Å²) >= 11 is 0. The predicted molar refractivity (Wildman–Crippen MR) is 54.3 cm³/mol. The minimum Gasteiger partial charge on any atom is -0.466 e. The molecule has 1 rings (SSSR count). The SMILES string of the molecule is CCOC(=O)C1CCN(C(C)=N)CC1. The Morgan fingerprint density at radius 2 is 2.07 bits per heavy atom. The Bertz CT molecular complexity index is 220. The summed E-state index contributed by atoms with van der Waals surface area (Å²) in [5.41, 5.74) is 0. The van der Waals surface area contributed by atoms with Crippen molar-refractivity contribution in [1.29, 1.82) is 5.41 Å². The third kappa shape index (κ3) is 2.72. The molecule has 1 heterocycles. The van der Waals surface area contributed by atoms with Gasteiger partial charge in [0, 0.05) is 13.1 Å². The Balaban J connectivity index is 2.35. The largest absolute Gasteiger partial charge is 0.466 e. The van der Waals surface area contributed by atoms with Gasteiger partial charge < -0.3 is 9.64 Å². The van der Waals surface area contributed by atoms with E-state index < -0.39 is 0 Å². The van der Waals surface area contributed by atoms with Crippen molar-refractivity contribution in [2.45, 2.75) is 26.7 Å². The average molecular weight is 198 g/mol. The van der Waals surface area contributed by atoms with E-state index in [0.717, 1.165) is 25.9 Å². The second kappa shape index (κ2) is 4.98. The van der Waals surface area contributed by atoms with Gasteiger partial charge in [-0.2, -0.15) is 0 Å². The lowest BCUT2D eigenvalue weighted by atomic mass is 9.97. The van der Waals surface area contributed by atoms with Gasteiger partial charge in [-0.05, 0) is 26.7 Å². The first-order valence-electron chi connectivity index (χ1n) is 5.12. The number of ether oxygens (including phenoxy) is 1. The molecule has 14 heavy (non-hydrogen) atoms. The molecule has 0 aromatic heterocycles. The van der Waals surface area contributed by atoms with Crippen molar-refractivity contribution in [1.82, 2.24) is 4.90 Å².